The lowest BCUT2D eigenvalue weighted by molar-refractivity contribution is 0.926. The van der Waals surface area contributed by atoms with Crippen LogP contribution >= 0.6 is 23.2 Å². The van der Waals surface area contributed by atoms with Gasteiger partial charge >= 0.3 is 0 Å². The van der Waals surface area contributed by atoms with Gasteiger partial charge in [0, 0.05) is 28.6 Å². The number of aryl methyl sites for hydroxylation is 2. The molecule has 0 N–H and O–H groups in total. The second-order valence-electron chi connectivity index (χ2n) is 3.76. The van der Waals surface area contributed by atoms with E-state index in [-0.39, 0.29) is 0 Å². The molecule has 0 aliphatic carbocycles. The van der Waals surface area contributed by atoms with Crippen molar-refractivity contribution in [3.05, 3.63) is 46.9 Å². The molecule has 17 heavy (non-hydrogen) atoms. The normalized spacial score (nSPS) is 10.5. The monoisotopic (exact) mass is 266 g/mol. The van der Waals surface area contributed by atoms with E-state index in [1.54, 1.807) is 0 Å². The molecule has 0 amide bonds. The fourth-order valence-corrected chi connectivity index (χ4v) is 1.89. The van der Waals surface area contributed by atoms with Crippen LogP contribution in [0.1, 0.15) is 11.5 Å². The SMILES string of the molecule is Cc1cc(-c2ccc(Cl)cc2)nc(CCCl)n1. The Morgan fingerprint density at radius 3 is 2.47 bits per heavy atom. The predicted octanol–water partition coefficient (Wildman–Crippen LogP) is 3.89. The van der Waals surface area contributed by atoms with Crippen LogP contribution in [-0.2, 0) is 6.42 Å². The number of rotatable bonds is 3. The summed E-state index contributed by atoms with van der Waals surface area (Å²) in [5.41, 5.74) is 2.90. The molecule has 0 saturated carbocycles. The van der Waals surface area contributed by atoms with Crippen molar-refractivity contribution in [3.8, 4) is 11.3 Å². The van der Waals surface area contributed by atoms with E-state index in [1.807, 2.05) is 37.3 Å². The minimum atomic E-state index is 0.531. The summed E-state index contributed by atoms with van der Waals surface area (Å²) in [6.07, 6.45) is 0.684. The first kappa shape index (κ1) is 12.3. The van der Waals surface area contributed by atoms with Crippen LogP contribution in [0, 0.1) is 6.92 Å². The molecule has 88 valence electrons. The van der Waals surface area contributed by atoms with E-state index in [2.05, 4.69) is 9.97 Å². The van der Waals surface area contributed by atoms with Crippen molar-refractivity contribution in [1.29, 1.82) is 0 Å². The van der Waals surface area contributed by atoms with Gasteiger partial charge in [-0.05, 0) is 25.1 Å². The van der Waals surface area contributed by atoms with Crippen molar-refractivity contribution in [2.45, 2.75) is 13.3 Å². The van der Waals surface area contributed by atoms with Crippen molar-refractivity contribution in [2.75, 3.05) is 5.88 Å². The third-order valence-corrected chi connectivity index (χ3v) is 2.80. The third-order valence-electron chi connectivity index (χ3n) is 2.36. The highest BCUT2D eigenvalue weighted by molar-refractivity contribution is 6.30. The Kier molecular flexibility index (Phi) is 3.97. The summed E-state index contributed by atoms with van der Waals surface area (Å²) in [6, 6.07) is 9.58. The Morgan fingerprint density at radius 2 is 1.82 bits per heavy atom. The van der Waals surface area contributed by atoms with Gasteiger partial charge in [-0.2, -0.15) is 0 Å². The first-order valence-electron chi connectivity index (χ1n) is 5.35. The van der Waals surface area contributed by atoms with Gasteiger partial charge in [-0.25, -0.2) is 9.97 Å². The molecule has 2 aromatic rings. The molecule has 0 saturated heterocycles. The molecule has 2 nitrogen and oxygen atoms in total. The summed E-state index contributed by atoms with van der Waals surface area (Å²) in [6.45, 7) is 1.96. The van der Waals surface area contributed by atoms with Gasteiger partial charge in [0.25, 0.3) is 0 Å². The molecule has 1 aromatic heterocycles. The van der Waals surface area contributed by atoms with Crippen molar-refractivity contribution in [3.63, 3.8) is 0 Å². The Hall–Kier alpha value is -1.12. The summed E-state index contributed by atoms with van der Waals surface area (Å²) in [7, 11) is 0. The minimum Gasteiger partial charge on any atom is -0.238 e. The Bertz CT molecular complexity index is 509. The lowest BCUT2D eigenvalue weighted by atomic mass is 10.1. The maximum Gasteiger partial charge on any atom is 0.130 e. The second-order valence-corrected chi connectivity index (χ2v) is 4.57. The molecule has 4 heteroatoms. The average molecular weight is 267 g/mol. The van der Waals surface area contributed by atoms with Gasteiger partial charge in [0.05, 0.1) is 5.69 Å². The molecule has 0 fully saturated rings. The minimum absolute atomic E-state index is 0.531. The first-order chi connectivity index (χ1) is 8.19. The Balaban J connectivity index is 2.40. The third kappa shape index (κ3) is 3.18. The van der Waals surface area contributed by atoms with E-state index < -0.39 is 0 Å². The maximum atomic E-state index is 5.86. The largest absolute Gasteiger partial charge is 0.238 e. The highest BCUT2D eigenvalue weighted by Crippen LogP contribution is 2.20. The number of hydrogen-bond acceptors (Lipinski definition) is 2. The van der Waals surface area contributed by atoms with E-state index in [4.69, 9.17) is 23.2 Å². The van der Waals surface area contributed by atoms with Crippen LogP contribution in [0.3, 0.4) is 0 Å². The molecule has 0 aliphatic rings. The molecular weight excluding hydrogens is 255 g/mol. The highest BCUT2D eigenvalue weighted by atomic mass is 35.5. The van der Waals surface area contributed by atoms with Crippen LogP contribution in [-0.4, -0.2) is 15.8 Å². The van der Waals surface area contributed by atoms with Crippen LogP contribution in [0.25, 0.3) is 11.3 Å². The van der Waals surface area contributed by atoms with Crippen LogP contribution < -0.4 is 0 Å². The molecule has 0 unspecified atom stereocenters. The zero-order valence-electron chi connectivity index (χ0n) is 9.45. The predicted molar refractivity (Wildman–Crippen MR) is 71.6 cm³/mol. The number of alkyl halides is 1. The molecule has 0 spiro atoms. The van der Waals surface area contributed by atoms with Gasteiger partial charge in [-0.1, -0.05) is 23.7 Å². The van der Waals surface area contributed by atoms with Gasteiger partial charge in [0.15, 0.2) is 0 Å². The number of aromatic nitrogens is 2. The fraction of sp³-hybridized carbons (Fsp3) is 0.231. The molecule has 2 rings (SSSR count). The lowest BCUT2D eigenvalue weighted by Gasteiger charge is -2.05. The standard InChI is InChI=1S/C13H12Cl2N2/c1-9-8-12(17-13(16-9)6-7-14)10-2-4-11(15)5-3-10/h2-5,8H,6-7H2,1H3. The number of nitrogens with zero attached hydrogens (tertiary/aromatic N) is 2. The molecule has 1 heterocycles. The van der Waals surface area contributed by atoms with Gasteiger partial charge in [0.1, 0.15) is 5.82 Å². The van der Waals surface area contributed by atoms with Crippen molar-refractivity contribution < 1.29 is 0 Å². The summed E-state index contributed by atoms with van der Waals surface area (Å²) in [4.78, 5) is 8.83. The van der Waals surface area contributed by atoms with E-state index in [0.29, 0.717) is 12.3 Å². The van der Waals surface area contributed by atoms with E-state index in [9.17, 15) is 0 Å². The van der Waals surface area contributed by atoms with E-state index in [1.165, 1.54) is 0 Å². The Morgan fingerprint density at radius 1 is 1.12 bits per heavy atom. The van der Waals surface area contributed by atoms with Crippen LogP contribution in [0.4, 0.5) is 0 Å². The molecular formula is C13H12Cl2N2. The smallest absolute Gasteiger partial charge is 0.130 e. The van der Waals surface area contributed by atoms with Gasteiger partial charge in [-0.15, -0.1) is 11.6 Å². The van der Waals surface area contributed by atoms with Crippen molar-refractivity contribution in [2.24, 2.45) is 0 Å². The molecule has 0 bridgehead atoms. The number of halogens is 2. The van der Waals surface area contributed by atoms with Gasteiger partial charge in [-0.3, -0.25) is 0 Å². The molecule has 0 radical (unpaired) electrons. The first-order valence-corrected chi connectivity index (χ1v) is 6.27. The lowest BCUT2D eigenvalue weighted by Crippen LogP contribution is -1.99. The average Bonchev–Trinajstić information content (AvgIpc) is 2.29. The zero-order chi connectivity index (χ0) is 12.3. The number of benzene rings is 1. The summed E-state index contributed by atoms with van der Waals surface area (Å²) >= 11 is 11.6. The van der Waals surface area contributed by atoms with Crippen LogP contribution in [0.15, 0.2) is 30.3 Å². The summed E-state index contributed by atoms with van der Waals surface area (Å²) < 4.78 is 0. The zero-order valence-corrected chi connectivity index (χ0v) is 11.0. The van der Waals surface area contributed by atoms with Gasteiger partial charge in [0.2, 0.25) is 0 Å². The maximum absolute atomic E-state index is 5.86. The Labute approximate surface area is 111 Å². The summed E-state index contributed by atoms with van der Waals surface area (Å²) in [5.74, 6) is 1.31. The van der Waals surface area contributed by atoms with Crippen molar-refractivity contribution >= 4 is 23.2 Å². The van der Waals surface area contributed by atoms with Crippen LogP contribution in [0.5, 0.6) is 0 Å². The second kappa shape index (κ2) is 5.48. The number of hydrogen-bond donors (Lipinski definition) is 0. The van der Waals surface area contributed by atoms with E-state index in [0.717, 1.165) is 27.8 Å². The summed E-state index contributed by atoms with van der Waals surface area (Å²) in [5, 5.41) is 0.723. The topological polar surface area (TPSA) is 25.8 Å². The van der Waals surface area contributed by atoms with Crippen molar-refractivity contribution in [1.82, 2.24) is 9.97 Å². The van der Waals surface area contributed by atoms with E-state index >= 15 is 0 Å². The quantitative estimate of drug-likeness (QED) is 0.788. The molecule has 0 aliphatic heterocycles. The van der Waals surface area contributed by atoms with Crippen LogP contribution in [0.2, 0.25) is 5.02 Å². The molecule has 0 atom stereocenters. The highest BCUT2D eigenvalue weighted by Gasteiger charge is 2.04. The molecule has 1 aromatic carbocycles. The van der Waals surface area contributed by atoms with Gasteiger partial charge < -0.3 is 0 Å². The fourth-order valence-electron chi connectivity index (χ4n) is 1.59.